The Hall–Kier alpha value is -5.05. The maximum absolute atomic E-state index is 13.4. The van der Waals surface area contributed by atoms with Crippen LogP contribution in [0.3, 0.4) is 0 Å². The number of aliphatic carboxylic acids is 1. The van der Waals surface area contributed by atoms with Gasteiger partial charge in [-0.25, -0.2) is 14.6 Å². The van der Waals surface area contributed by atoms with Crippen molar-refractivity contribution < 1.29 is 33.3 Å². The fourth-order valence-electron chi connectivity index (χ4n) is 4.88. The highest BCUT2D eigenvalue weighted by molar-refractivity contribution is 5.82. The van der Waals surface area contributed by atoms with Crippen molar-refractivity contribution in [3.63, 3.8) is 0 Å². The molecule has 1 aliphatic rings. The quantitative estimate of drug-likeness (QED) is 0.224. The summed E-state index contributed by atoms with van der Waals surface area (Å²) in [5.74, 6) is 1.79. The zero-order valence-electron chi connectivity index (χ0n) is 23.4. The Bertz CT molecular complexity index is 1530. The highest BCUT2D eigenvalue weighted by Crippen LogP contribution is 2.33. The SMILES string of the molecule is COc1ccc(OC(=O)N2[C@H](C(=O)O)CC=CC[C@H]2c2ccc(OCCc3nc(-c4ccccc4)oc3C)cc2)cc1. The zero-order chi connectivity index (χ0) is 29.5. The molecule has 5 rings (SSSR count). The van der Waals surface area contributed by atoms with Gasteiger partial charge in [0.05, 0.1) is 25.5 Å². The van der Waals surface area contributed by atoms with Crippen LogP contribution in [-0.4, -0.2) is 46.8 Å². The van der Waals surface area contributed by atoms with Gasteiger partial charge in [-0.3, -0.25) is 4.90 Å². The number of hydrogen-bond acceptors (Lipinski definition) is 7. The summed E-state index contributed by atoms with van der Waals surface area (Å²) < 4.78 is 22.6. The third-order valence-corrected chi connectivity index (χ3v) is 7.10. The normalized spacial score (nSPS) is 16.5. The van der Waals surface area contributed by atoms with Crippen molar-refractivity contribution >= 4 is 12.1 Å². The van der Waals surface area contributed by atoms with Crippen molar-refractivity contribution in [1.29, 1.82) is 0 Å². The molecule has 0 unspecified atom stereocenters. The fraction of sp³-hybridized carbons (Fsp3) is 0.242. The molecule has 1 amide bonds. The minimum atomic E-state index is -1.10. The summed E-state index contributed by atoms with van der Waals surface area (Å²) in [6, 6.07) is 22.0. The number of rotatable bonds is 9. The van der Waals surface area contributed by atoms with E-state index in [9.17, 15) is 14.7 Å². The second kappa shape index (κ2) is 13.1. The van der Waals surface area contributed by atoms with Gasteiger partial charge in [0.15, 0.2) is 0 Å². The van der Waals surface area contributed by atoms with Crippen LogP contribution in [0.1, 0.15) is 35.9 Å². The van der Waals surface area contributed by atoms with Crippen LogP contribution in [0.2, 0.25) is 0 Å². The van der Waals surface area contributed by atoms with Crippen LogP contribution in [0.15, 0.2) is 95.4 Å². The number of hydrogen-bond donors (Lipinski definition) is 1. The van der Waals surface area contributed by atoms with Crippen LogP contribution < -0.4 is 14.2 Å². The lowest BCUT2D eigenvalue weighted by Gasteiger charge is -2.33. The zero-order valence-corrected chi connectivity index (χ0v) is 23.4. The van der Waals surface area contributed by atoms with Crippen molar-refractivity contribution in [2.75, 3.05) is 13.7 Å². The van der Waals surface area contributed by atoms with E-state index in [-0.39, 0.29) is 6.42 Å². The Morgan fingerprint density at radius 1 is 0.929 bits per heavy atom. The lowest BCUT2D eigenvalue weighted by molar-refractivity contribution is -0.143. The fourth-order valence-corrected chi connectivity index (χ4v) is 4.88. The number of oxazole rings is 1. The summed E-state index contributed by atoms with van der Waals surface area (Å²) in [5, 5.41) is 9.97. The summed E-state index contributed by atoms with van der Waals surface area (Å²) in [7, 11) is 1.54. The van der Waals surface area contributed by atoms with Crippen molar-refractivity contribution in [1.82, 2.24) is 9.88 Å². The Balaban J connectivity index is 1.27. The molecule has 1 aliphatic heterocycles. The molecule has 0 spiro atoms. The average Bonchev–Trinajstić information content (AvgIpc) is 3.23. The minimum Gasteiger partial charge on any atom is -0.497 e. The molecule has 1 N–H and O–H groups in total. The number of ether oxygens (including phenoxy) is 3. The minimum absolute atomic E-state index is 0.179. The second-order valence-corrected chi connectivity index (χ2v) is 9.82. The van der Waals surface area contributed by atoms with Crippen LogP contribution in [0.5, 0.6) is 17.2 Å². The van der Waals surface area contributed by atoms with Crippen molar-refractivity contribution in [3.8, 4) is 28.7 Å². The van der Waals surface area contributed by atoms with Gasteiger partial charge in [-0.15, -0.1) is 0 Å². The standard InChI is InChI=1S/C33H32N2O7/c1-22-28(34-31(41-22)24-8-4-3-5-9-24)20-21-40-26-14-12-23(13-15-26)29-10-6-7-11-30(32(36)37)35(29)33(38)42-27-18-16-25(39-2)17-19-27/h3-9,12-19,29-30H,10-11,20-21H2,1-2H3,(H,36,37)/t29-,30-/m0/s1. The number of methoxy groups -OCH3 is 1. The summed E-state index contributed by atoms with van der Waals surface area (Å²) in [5.41, 5.74) is 2.52. The Labute approximate surface area is 244 Å². The van der Waals surface area contributed by atoms with Crippen LogP contribution in [0, 0.1) is 6.92 Å². The van der Waals surface area contributed by atoms with Gasteiger partial charge in [-0.1, -0.05) is 42.5 Å². The van der Waals surface area contributed by atoms with Crippen LogP contribution in [0.4, 0.5) is 4.79 Å². The molecule has 3 aromatic carbocycles. The number of aryl methyl sites for hydroxylation is 1. The lowest BCUT2D eigenvalue weighted by Crippen LogP contribution is -2.47. The van der Waals surface area contributed by atoms with E-state index in [1.165, 1.54) is 4.90 Å². The van der Waals surface area contributed by atoms with Gasteiger partial charge in [0.1, 0.15) is 29.1 Å². The topological polar surface area (TPSA) is 111 Å². The number of carbonyl (C=O) groups is 2. The molecule has 0 saturated carbocycles. The molecule has 2 atom stereocenters. The van der Waals surface area contributed by atoms with Gasteiger partial charge in [0, 0.05) is 12.0 Å². The van der Waals surface area contributed by atoms with E-state index in [1.54, 1.807) is 37.5 Å². The van der Waals surface area contributed by atoms with E-state index < -0.39 is 24.1 Å². The van der Waals surface area contributed by atoms with E-state index in [1.807, 2.05) is 67.6 Å². The lowest BCUT2D eigenvalue weighted by atomic mass is 10.0. The van der Waals surface area contributed by atoms with Gasteiger partial charge in [0.25, 0.3) is 0 Å². The number of nitrogens with zero attached hydrogens (tertiary/aromatic N) is 2. The van der Waals surface area contributed by atoms with Crippen molar-refractivity contribution in [2.45, 2.75) is 38.3 Å². The molecule has 0 aliphatic carbocycles. The molecule has 4 aromatic rings. The molecule has 9 nitrogen and oxygen atoms in total. The predicted molar refractivity (Wildman–Crippen MR) is 156 cm³/mol. The number of aromatic nitrogens is 1. The summed E-state index contributed by atoms with van der Waals surface area (Å²) in [6.07, 6.45) is 4.14. The molecule has 1 aromatic heterocycles. The molecule has 9 heteroatoms. The van der Waals surface area contributed by atoms with Crippen LogP contribution in [-0.2, 0) is 11.2 Å². The van der Waals surface area contributed by atoms with E-state index in [4.69, 9.17) is 18.6 Å². The molecule has 0 fully saturated rings. The maximum atomic E-state index is 13.4. The smallest absolute Gasteiger partial charge is 0.416 e. The molecule has 0 radical (unpaired) electrons. The first-order chi connectivity index (χ1) is 20.4. The highest BCUT2D eigenvalue weighted by Gasteiger charge is 2.37. The predicted octanol–water partition coefficient (Wildman–Crippen LogP) is 6.63. The maximum Gasteiger partial charge on any atom is 0.416 e. The summed E-state index contributed by atoms with van der Waals surface area (Å²) >= 11 is 0. The highest BCUT2D eigenvalue weighted by atomic mass is 16.6. The van der Waals surface area contributed by atoms with Crippen molar-refractivity contribution in [3.05, 3.63) is 108 Å². The monoisotopic (exact) mass is 568 g/mol. The van der Waals surface area contributed by atoms with E-state index >= 15 is 0 Å². The van der Waals surface area contributed by atoms with Crippen LogP contribution in [0.25, 0.3) is 11.5 Å². The number of carboxylic acids is 1. The third kappa shape index (κ3) is 6.63. The summed E-state index contributed by atoms with van der Waals surface area (Å²) in [4.78, 5) is 31.5. The van der Waals surface area contributed by atoms with Gasteiger partial charge in [-0.2, -0.15) is 0 Å². The number of amides is 1. The Morgan fingerprint density at radius 3 is 2.29 bits per heavy atom. The van der Waals surface area contributed by atoms with E-state index in [0.29, 0.717) is 42.6 Å². The number of carboxylic acid groups (broad SMARTS) is 1. The largest absolute Gasteiger partial charge is 0.497 e. The average molecular weight is 569 g/mol. The molecule has 0 saturated heterocycles. The van der Waals surface area contributed by atoms with Gasteiger partial charge < -0.3 is 23.7 Å². The van der Waals surface area contributed by atoms with Gasteiger partial charge >= 0.3 is 12.1 Å². The molecule has 216 valence electrons. The first-order valence-corrected chi connectivity index (χ1v) is 13.7. The van der Waals surface area contributed by atoms with Crippen molar-refractivity contribution in [2.24, 2.45) is 0 Å². The molecular formula is C33H32N2O7. The summed E-state index contributed by atoms with van der Waals surface area (Å²) in [6.45, 7) is 2.29. The molecular weight excluding hydrogens is 536 g/mol. The van der Waals surface area contributed by atoms with Crippen LogP contribution >= 0.6 is 0 Å². The first-order valence-electron chi connectivity index (χ1n) is 13.7. The number of benzene rings is 3. The Kier molecular flexibility index (Phi) is 8.87. The van der Waals surface area contributed by atoms with Gasteiger partial charge in [0.2, 0.25) is 5.89 Å². The first kappa shape index (κ1) is 28.5. The molecule has 2 heterocycles. The number of carbonyl (C=O) groups excluding carboxylic acids is 1. The van der Waals surface area contributed by atoms with E-state index in [0.717, 1.165) is 22.6 Å². The van der Waals surface area contributed by atoms with Gasteiger partial charge in [-0.05, 0) is 73.9 Å². The Morgan fingerprint density at radius 2 is 1.60 bits per heavy atom. The van der Waals surface area contributed by atoms with E-state index in [2.05, 4.69) is 4.98 Å². The molecule has 42 heavy (non-hydrogen) atoms. The third-order valence-electron chi connectivity index (χ3n) is 7.10. The molecule has 0 bridgehead atoms. The second-order valence-electron chi connectivity index (χ2n) is 9.82.